The fourth-order valence-corrected chi connectivity index (χ4v) is 2.87. The van der Waals surface area contributed by atoms with Crippen molar-refractivity contribution in [3.05, 3.63) is 46.9 Å². The van der Waals surface area contributed by atoms with E-state index in [-0.39, 0.29) is 24.2 Å². The zero-order chi connectivity index (χ0) is 17.3. The van der Waals surface area contributed by atoms with Gasteiger partial charge in [-0.3, -0.25) is 0 Å². The molecular formula is C19H20FNO3. The fourth-order valence-electron chi connectivity index (χ4n) is 2.87. The smallest absolute Gasteiger partial charge is 0.357 e. The van der Waals surface area contributed by atoms with Crippen molar-refractivity contribution in [1.82, 2.24) is 4.98 Å². The lowest BCUT2D eigenvalue weighted by Crippen LogP contribution is -2.22. The highest BCUT2D eigenvalue weighted by Gasteiger charge is 2.25. The molecule has 2 aromatic rings. The van der Waals surface area contributed by atoms with Crippen LogP contribution in [0.15, 0.2) is 24.3 Å². The monoisotopic (exact) mass is 329 g/mol. The molecule has 0 aliphatic carbocycles. The number of hydrogen-bond acceptors (Lipinski definition) is 4. The van der Waals surface area contributed by atoms with E-state index in [4.69, 9.17) is 9.47 Å². The molecule has 0 N–H and O–H groups in total. The Kier molecular flexibility index (Phi) is 4.51. The maximum Gasteiger partial charge on any atom is 0.357 e. The van der Waals surface area contributed by atoms with E-state index in [2.05, 4.69) is 4.98 Å². The molecule has 1 aromatic carbocycles. The minimum absolute atomic E-state index is 0.0122. The number of nitrogens with zero attached hydrogens (tertiary/aromatic N) is 1. The first kappa shape index (κ1) is 16.4. The molecule has 0 saturated carbocycles. The summed E-state index contributed by atoms with van der Waals surface area (Å²) < 4.78 is 25.3. The normalized spacial score (nSPS) is 16.2. The molecule has 5 heteroatoms. The van der Waals surface area contributed by atoms with Crippen molar-refractivity contribution >= 4 is 5.97 Å². The maximum absolute atomic E-state index is 14.5. The fraction of sp³-hybridized carbons (Fsp3) is 0.368. The number of aryl methyl sites for hydroxylation is 1. The molecule has 0 radical (unpaired) electrons. The molecule has 3 rings (SSSR count). The summed E-state index contributed by atoms with van der Waals surface area (Å²) in [7, 11) is 0. The maximum atomic E-state index is 14.5. The Bertz CT molecular complexity index is 788. The second kappa shape index (κ2) is 6.59. The number of fused-ring (bicyclic) bond motifs is 1. The minimum Gasteiger partial charge on any atom is -0.474 e. The number of halogens is 1. The molecule has 1 atom stereocenters. The van der Waals surface area contributed by atoms with Crippen LogP contribution in [-0.2, 0) is 11.2 Å². The van der Waals surface area contributed by atoms with Gasteiger partial charge in [0.2, 0.25) is 5.88 Å². The second-order valence-corrected chi connectivity index (χ2v) is 6.01. The molecule has 0 fully saturated rings. The van der Waals surface area contributed by atoms with E-state index in [1.165, 1.54) is 6.07 Å². The van der Waals surface area contributed by atoms with Gasteiger partial charge in [-0.05, 0) is 56.9 Å². The highest BCUT2D eigenvalue weighted by atomic mass is 19.1. The van der Waals surface area contributed by atoms with Gasteiger partial charge in [0.05, 0.1) is 12.7 Å². The Morgan fingerprint density at radius 1 is 1.38 bits per heavy atom. The Morgan fingerprint density at radius 2 is 2.17 bits per heavy atom. The molecule has 126 valence electrons. The average molecular weight is 329 g/mol. The van der Waals surface area contributed by atoms with Crippen LogP contribution in [-0.4, -0.2) is 23.7 Å². The largest absolute Gasteiger partial charge is 0.474 e. The summed E-state index contributed by atoms with van der Waals surface area (Å²) in [4.78, 5) is 16.4. The van der Waals surface area contributed by atoms with Crippen LogP contribution >= 0.6 is 0 Å². The quantitative estimate of drug-likeness (QED) is 0.796. The second-order valence-electron chi connectivity index (χ2n) is 6.01. The number of ether oxygens (including phenoxy) is 2. The van der Waals surface area contributed by atoms with Crippen LogP contribution in [0.4, 0.5) is 4.39 Å². The van der Waals surface area contributed by atoms with E-state index in [0.29, 0.717) is 17.0 Å². The topological polar surface area (TPSA) is 48.4 Å². The first-order chi connectivity index (χ1) is 11.5. The lowest BCUT2D eigenvalue weighted by atomic mass is 9.94. The third-order valence-corrected chi connectivity index (χ3v) is 4.10. The van der Waals surface area contributed by atoms with E-state index >= 15 is 0 Å². The van der Waals surface area contributed by atoms with Crippen LogP contribution in [0.25, 0.3) is 11.1 Å². The lowest BCUT2D eigenvalue weighted by molar-refractivity contribution is 0.0517. The van der Waals surface area contributed by atoms with Crippen LogP contribution < -0.4 is 4.74 Å². The number of carbonyl (C=O) groups is 1. The van der Waals surface area contributed by atoms with Crippen molar-refractivity contribution in [2.45, 2.75) is 39.7 Å². The lowest BCUT2D eigenvalue weighted by Gasteiger charge is -2.25. The number of rotatable bonds is 3. The van der Waals surface area contributed by atoms with Crippen LogP contribution in [0.2, 0.25) is 0 Å². The van der Waals surface area contributed by atoms with Crippen LogP contribution in [0, 0.1) is 12.7 Å². The summed E-state index contributed by atoms with van der Waals surface area (Å²) in [5.74, 6) is -0.456. The minimum atomic E-state index is -0.532. The molecule has 4 nitrogen and oxygen atoms in total. The number of hydrogen-bond donors (Lipinski definition) is 0. The van der Waals surface area contributed by atoms with Gasteiger partial charge in [0, 0.05) is 11.1 Å². The summed E-state index contributed by atoms with van der Waals surface area (Å²) in [6, 6.07) is 6.66. The highest BCUT2D eigenvalue weighted by molar-refractivity contribution is 5.90. The Labute approximate surface area is 140 Å². The SMILES string of the molecule is CCOC(=O)c1cc(-c2ccc(C)cc2F)c2c(n1)O[C@@H](C)CC2. The highest BCUT2D eigenvalue weighted by Crippen LogP contribution is 2.36. The number of esters is 1. The zero-order valence-electron chi connectivity index (χ0n) is 14.1. The van der Waals surface area contributed by atoms with Crippen LogP contribution in [0.3, 0.4) is 0 Å². The van der Waals surface area contributed by atoms with Gasteiger partial charge < -0.3 is 9.47 Å². The molecule has 0 amide bonds. The molecule has 2 heterocycles. The van der Waals surface area contributed by atoms with Gasteiger partial charge in [-0.25, -0.2) is 14.2 Å². The first-order valence-electron chi connectivity index (χ1n) is 8.13. The summed E-state index contributed by atoms with van der Waals surface area (Å²) in [5, 5.41) is 0. The van der Waals surface area contributed by atoms with Crippen molar-refractivity contribution in [2.75, 3.05) is 6.61 Å². The number of benzene rings is 1. The van der Waals surface area contributed by atoms with Gasteiger partial charge >= 0.3 is 5.97 Å². The predicted molar refractivity (Wildman–Crippen MR) is 88.7 cm³/mol. The first-order valence-corrected chi connectivity index (χ1v) is 8.13. The molecule has 1 aromatic heterocycles. The zero-order valence-corrected chi connectivity index (χ0v) is 14.1. The molecular weight excluding hydrogens is 309 g/mol. The molecule has 0 spiro atoms. The van der Waals surface area contributed by atoms with E-state index in [1.807, 2.05) is 19.9 Å². The third-order valence-electron chi connectivity index (χ3n) is 4.10. The molecule has 24 heavy (non-hydrogen) atoms. The molecule has 0 bridgehead atoms. The van der Waals surface area contributed by atoms with Crippen molar-refractivity contribution in [3.8, 4) is 17.0 Å². The van der Waals surface area contributed by atoms with Crippen LogP contribution in [0.5, 0.6) is 5.88 Å². The van der Waals surface area contributed by atoms with Gasteiger partial charge in [0.1, 0.15) is 5.82 Å². The summed E-state index contributed by atoms with van der Waals surface area (Å²) in [5.41, 5.74) is 2.91. The number of carbonyl (C=O) groups excluding carboxylic acids is 1. The van der Waals surface area contributed by atoms with Crippen molar-refractivity contribution in [2.24, 2.45) is 0 Å². The molecule has 1 aliphatic heterocycles. The van der Waals surface area contributed by atoms with E-state index in [9.17, 15) is 9.18 Å². The summed E-state index contributed by atoms with van der Waals surface area (Å²) in [6.07, 6.45) is 1.57. The molecule has 0 unspecified atom stereocenters. The summed E-state index contributed by atoms with van der Waals surface area (Å²) in [6.45, 7) is 5.77. The Morgan fingerprint density at radius 3 is 2.88 bits per heavy atom. The average Bonchev–Trinajstić information content (AvgIpc) is 2.54. The van der Waals surface area contributed by atoms with Gasteiger partial charge in [0.15, 0.2) is 5.69 Å². The predicted octanol–water partition coefficient (Wildman–Crippen LogP) is 4.09. The van der Waals surface area contributed by atoms with Gasteiger partial charge in [-0.2, -0.15) is 0 Å². The van der Waals surface area contributed by atoms with Gasteiger partial charge in [-0.15, -0.1) is 0 Å². The number of pyridine rings is 1. The standard InChI is InChI=1S/C19H20FNO3/c1-4-23-19(22)17-10-15(13-7-5-11(2)9-16(13)20)14-8-6-12(3)24-18(14)21-17/h5,7,9-10,12H,4,6,8H2,1-3H3/t12-/m0/s1. The van der Waals surface area contributed by atoms with E-state index in [0.717, 1.165) is 24.0 Å². The van der Waals surface area contributed by atoms with E-state index in [1.54, 1.807) is 19.1 Å². The number of aromatic nitrogens is 1. The van der Waals surface area contributed by atoms with Crippen LogP contribution in [0.1, 0.15) is 41.9 Å². The van der Waals surface area contributed by atoms with E-state index < -0.39 is 5.97 Å². The van der Waals surface area contributed by atoms with Gasteiger partial charge in [-0.1, -0.05) is 12.1 Å². The van der Waals surface area contributed by atoms with Crippen molar-refractivity contribution in [1.29, 1.82) is 0 Å². The van der Waals surface area contributed by atoms with Gasteiger partial charge in [0.25, 0.3) is 0 Å². The Hall–Kier alpha value is -2.43. The molecule has 0 saturated heterocycles. The summed E-state index contributed by atoms with van der Waals surface area (Å²) >= 11 is 0. The van der Waals surface area contributed by atoms with Crippen molar-refractivity contribution in [3.63, 3.8) is 0 Å². The molecule has 1 aliphatic rings. The third kappa shape index (κ3) is 3.11. The van der Waals surface area contributed by atoms with Crippen molar-refractivity contribution < 1.29 is 18.7 Å². The Balaban J connectivity index is 2.17.